The molecule has 0 heterocycles. The summed E-state index contributed by atoms with van der Waals surface area (Å²) in [4.78, 5) is 14.6. The number of carbonyl (C=O) groups excluding carboxylic acids is 1. The normalized spacial score (nSPS) is 12.4. The van der Waals surface area contributed by atoms with Crippen LogP contribution in [-0.4, -0.2) is 43.0 Å². The molecule has 0 aromatic heterocycles. The lowest BCUT2D eigenvalue weighted by Crippen LogP contribution is -2.42. The Hall–Kier alpha value is -1.39. The quantitative estimate of drug-likeness (QED) is 0.759. The van der Waals surface area contributed by atoms with Crippen molar-refractivity contribution in [3.8, 4) is 0 Å². The van der Waals surface area contributed by atoms with Crippen molar-refractivity contribution in [2.75, 3.05) is 26.2 Å². The molecule has 3 N–H and O–H groups in total. The fourth-order valence-electron chi connectivity index (χ4n) is 2.33. The SMILES string of the molecule is CCN(CC)CC(C)NC(=O)c1ccccc1CCN. The summed E-state index contributed by atoms with van der Waals surface area (Å²) < 4.78 is 0. The van der Waals surface area contributed by atoms with Crippen LogP contribution in [0.2, 0.25) is 0 Å². The van der Waals surface area contributed by atoms with Crippen LogP contribution in [0.3, 0.4) is 0 Å². The molecule has 0 saturated heterocycles. The summed E-state index contributed by atoms with van der Waals surface area (Å²) in [5.74, 6) is -0.00583. The minimum atomic E-state index is -0.00583. The molecular weight excluding hydrogens is 250 g/mol. The van der Waals surface area contributed by atoms with Crippen molar-refractivity contribution in [3.63, 3.8) is 0 Å². The summed E-state index contributed by atoms with van der Waals surface area (Å²) in [7, 11) is 0. The zero-order valence-corrected chi connectivity index (χ0v) is 12.9. The van der Waals surface area contributed by atoms with Gasteiger partial charge in [-0.15, -0.1) is 0 Å². The standard InChI is InChI=1S/C16H27N3O/c1-4-19(5-2)12-13(3)18-16(20)15-9-7-6-8-14(15)10-11-17/h6-9,13H,4-5,10-12,17H2,1-3H3,(H,18,20). The average Bonchev–Trinajstić information content (AvgIpc) is 2.45. The summed E-state index contributed by atoms with van der Waals surface area (Å²) in [6, 6.07) is 7.81. The van der Waals surface area contributed by atoms with Gasteiger partial charge in [0.15, 0.2) is 0 Å². The van der Waals surface area contributed by atoms with Crippen molar-refractivity contribution >= 4 is 5.91 Å². The van der Waals surface area contributed by atoms with Gasteiger partial charge in [-0.1, -0.05) is 32.0 Å². The first-order valence-electron chi connectivity index (χ1n) is 7.43. The number of amides is 1. The largest absolute Gasteiger partial charge is 0.348 e. The lowest BCUT2D eigenvalue weighted by molar-refractivity contribution is 0.0929. The van der Waals surface area contributed by atoms with Crippen LogP contribution in [-0.2, 0) is 6.42 Å². The number of rotatable bonds is 8. The Morgan fingerprint density at radius 3 is 2.55 bits per heavy atom. The Kier molecular flexibility index (Phi) is 7.26. The Morgan fingerprint density at radius 2 is 1.95 bits per heavy atom. The summed E-state index contributed by atoms with van der Waals surface area (Å²) in [6.07, 6.45) is 0.730. The Balaban J connectivity index is 2.66. The van der Waals surface area contributed by atoms with Crippen molar-refractivity contribution in [1.29, 1.82) is 0 Å². The highest BCUT2D eigenvalue weighted by Crippen LogP contribution is 2.09. The van der Waals surface area contributed by atoms with Gasteiger partial charge < -0.3 is 16.0 Å². The minimum absolute atomic E-state index is 0.00583. The van der Waals surface area contributed by atoms with Crippen LogP contribution in [0.15, 0.2) is 24.3 Å². The number of benzene rings is 1. The lowest BCUT2D eigenvalue weighted by atomic mass is 10.0. The van der Waals surface area contributed by atoms with Gasteiger partial charge in [-0.2, -0.15) is 0 Å². The molecule has 1 rings (SSSR count). The molecule has 0 radical (unpaired) electrons. The van der Waals surface area contributed by atoms with Crippen molar-refractivity contribution in [2.24, 2.45) is 5.73 Å². The summed E-state index contributed by atoms with van der Waals surface area (Å²) >= 11 is 0. The zero-order valence-electron chi connectivity index (χ0n) is 12.9. The van der Waals surface area contributed by atoms with Crippen LogP contribution in [0.5, 0.6) is 0 Å². The topological polar surface area (TPSA) is 58.4 Å². The van der Waals surface area contributed by atoms with E-state index < -0.39 is 0 Å². The van der Waals surface area contributed by atoms with E-state index in [0.29, 0.717) is 6.54 Å². The summed E-state index contributed by atoms with van der Waals surface area (Å²) in [5, 5.41) is 3.07. The van der Waals surface area contributed by atoms with Gasteiger partial charge in [-0.05, 0) is 44.6 Å². The van der Waals surface area contributed by atoms with Gasteiger partial charge in [-0.3, -0.25) is 4.79 Å². The molecule has 20 heavy (non-hydrogen) atoms. The second kappa shape index (κ2) is 8.72. The molecule has 1 atom stereocenters. The summed E-state index contributed by atoms with van der Waals surface area (Å²) in [5.41, 5.74) is 7.35. The Morgan fingerprint density at radius 1 is 1.30 bits per heavy atom. The van der Waals surface area contributed by atoms with Crippen LogP contribution >= 0.6 is 0 Å². The number of hydrogen-bond acceptors (Lipinski definition) is 3. The lowest BCUT2D eigenvalue weighted by Gasteiger charge is -2.23. The van der Waals surface area contributed by atoms with E-state index in [-0.39, 0.29) is 11.9 Å². The molecular formula is C16H27N3O. The van der Waals surface area contributed by atoms with E-state index in [0.717, 1.165) is 37.2 Å². The highest BCUT2D eigenvalue weighted by molar-refractivity contribution is 5.95. The third-order valence-corrected chi connectivity index (χ3v) is 3.48. The zero-order chi connectivity index (χ0) is 15.0. The third kappa shape index (κ3) is 4.94. The van der Waals surface area contributed by atoms with Crippen LogP contribution in [0, 0.1) is 0 Å². The van der Waals surface area contributed by atoms with Gasteiger partial charge in [0.25, 0.3) is 5.91 Å². The van der Waals surface area contributed by atoms with Gasteiger partial charge >= 0.3 is 0 Å². The average molecular weight is 277 g/mol. The molecule has 112 valence electrons. The molecule has 1 aromatic rings. The van der Waals surface area contributed by atoms with Gasteiger partial charge in [0.2, 0.25) is 0 Å². The van der Waals surface area contributed by atoms with Crippen molar-refractivity contribution in [3.05, 3.63) is 35.4 Å². The molecule has 1 amide bonds. The smallest absolute Gasteiger partial charge is 0.251 e. The molecule has 1 unspecified atom stereocenters. The maximum absolute atomic E-state index is 12.3. The van der Waals surface area contributed by atoms with Gasteiger partial charge in [0.05, 0.1) is 0 Å². The number of carbonyl (C=O) groups is 1. The fraction of sp³-hybridized carbons (Fsp3) is 0.562. The molecule has 0 aliphatic rings. The van der Waals surface area contributed by atoms with Crippen LogP contribution < -0.4 is 11.1 Å². The number of nitrogens with one attached hydrogen (secondary N) is 1. The highest BCUT2D eigenvalue weighted by Gasteiger charge is 2.14. The molecule has 0 aliphatic heterocycles. The Bertz CT molecular complexity index is 416. The molecule has 0 saturated carbocycles. The number of likely N-dealkylation sites (N-methyl/N-ethyl adjacent to an activating group) is 1. The highest BCUT2D eigenvalue weighted by atomic mass is 16.1. The predicted octanol–water partition coefficient (Wildman–Crippen LogP) is 1.65. The first-order chi connectivity index (χ1) is 9.62. The van der Waals surface area contributed by atoms with E-state index >= 15 is 0 Å². The third-order valence-electron chi connectivity index (χ3n) is 3.48. The van der Waals surface area contributed by atoms with E-state index in [1.165, 1.54) is 0 Å². The maximum Gasteiger partial charge on any atom is 0.251 e. The van der Waals surface area contributed by atoms with Crippen LogP contribution in [0.4, 0.5) is 0 Å². The number of nitrogens with two attached hydrogens (primary N) is 1. The first kappa shape index (κ1) is 16.7. The first-order valence-corrected chi connectivity index (χ1v) is 7.43. The van der Waals surface area contributed by atoms with Crippen LogP contribution in [0.25, 0.3) is 0 Å². The molecule has 1 aromatic carbocycles. The Labute approximate surface area is 122 Å². The monoisotopic (exact) mass is 277 g/mol. The van der Waals surface area contributed by atoms with E-state index in [2.05, 4.69) is 24.1 Å². The number of hydrogen-bond donors (Lipinski definition) is 2. The molecule has 0 aliphatic carbocycles. The molecule has 0 spiro atoms. The summed E-state index contributed by atoms with van der Waals surface area (Å²) in [6.45, 7) is 9.74. The second-order valence-corrected chi connectivity index (χ2v) is 5.06. The minimum Gasteiger partial charge on any atom is -0.348 e. The van der Waals surface area contributed by atoms with Crippen molar-refractivity contribution in [1.82, 2.24) is 10.2 Å². The maximum atomic E-state index is 12.3. The molecule has 4 nitrogen and oxygen atoms in total. The number of nitrogens with zero attached hydrogens (tertiary/aromatic N) is 1. The van der Waals surface area contributed by atoms with Gasteiger partial charge in [0.1, 0.15) is 0 Å². The second-order valence-electron chi connectivity index (χ2n) is 5.06. The van der Waals surface area contributed by atoms with E-state index in [1.54, 1.807) is 0 Å². The van der Waals surface area contributed by atoms with E-state index in [9.17, 15) is 4.79 Å². The van der Waals surface area contributed by atoms with E-state index in [1.807, 2.05) is 31.2 Å². The van der Waals surface area contributed by atoms with Crippen molar-refractivity contribution in [2.45, 2.75) is 33.2 Å². The van der Waals surface area contributed by atoms with Crippen LogP contribution in [0.1, 0.15) is 36.7 Å². The van der Waals surface area contributed by atoms with Gasteiger partial charge in [0, 0.05) is 18.2 Å². The molecule has 0 bridgehead atoms. The van der Waals surface area contributed by atoms with Gasteiger partial charge in [-0.25, -0.2) is 0 Å². The predicted molar refractivity (Wildman–Crippen MR) is 83.9 cm³/mol. The fourth-order valence-corrected chi connectivity index (χ4v) is 2.33. The molecule has 0 fully saturated rings. The van der Waals surface area contributed by atoms with E-state index in [4.69, 9.17) is 5.73 Å². The molecule has 4 heteroatoms. The van der Waals surface area contributed by atoms with Crippen molar-refractivity contribution < 1.29 is 4.79 Å².